The zero-order valence-corrected chi connectivity index (χ0v) is 19.2. The Kier molecular flexibility index (Phi) is 7.89. The molecule has 2 aromatic rings. The quantitative estimate of drug-likeness (QED) is 0.350. The summed E-state index contributed by atoms with van der Waals surface area (Å²) in [6.45, 7) is 6.00. The summed E-state index contributed by atoms with van der Waals surface area (Å²) < 4.78 is 12.0. The van der Waals surface area contributed by atoms with Crippen molar-refractivity contribution in [2.45, 2.75) is 26.7 Å². The molecule has 7 heteroatoms. The number of hydrogen-bond donors (Lipinski definition) is 1. The molecule has 0 radical (unpaired) electrons. The minimum absolute atomic E-state index is 0.0635. The van der Waals surface area contributed by atoms with Crippen molar-refractivity contribution in [2.75, 3.05) is 38.9 Å². The molecule has 32 heavy (non-hydrogen) atoms. The van der Waals surface area contributed by atoms with Gasteiger partial charge >= 0.3 is 0 Å². The number of carbonyl (C=O) groups excluding carboxylic acids is 2. The second-order valence-electron chi connectivity index (χ2n) is 7.94. The molecule has 1 heterocycles. The normalized spacial score (nSPS) is 14.9. The molecule has 2 amide bonds. The molecule has 0 aromatic heterocycles. The number of nitrogens with zero attached hydrogens (tertiary/aromatic N) is 2. The summed E-state index contributed by atoms with van der Waals surface area (Å²) in [4.78, 5) is 27.7. The lowest BCUT2D eigenvalue weighted by Gasteiger charge is -2.17. The van der Waals surface area contributed by atoms with E-state index in [1.54, 1.807) is 18.2 Å². The SMILES string of the molecule is CCCOc1ccc(C=C2C(=O)NN(c3ccccc3)C2=O)c(OCCCN(C)C)c1C. The van der Waals surface area contributed by atoms with Crippen LogP contribution < -0.4 is 19.9 Å². The van der Waals surface area contributed by atoms with Gasteiger partial charge in [0.25, 0.3) is 11.8 Å². The van der Waals surface area contributed by atoms with Crippen LogP contribution in [0.4, 0.5) is 5.69 Å². The molecular weight excluding hydrogens is 406 g/mol. The van der Waals surface area contributed by atoms with Crippen LogP contribution >= 0.6 is 0 Å². The lowest BCUT2D eigenvalue weighted by Crippen LogP contribution is -2.35. The molecular formula is C25H31N3O4. The molecule has 7 nitrogen and oxygen atoms in total. The lowest BCUT2D eigenvalue weighted by molar-refractivity contribution is -0.117. The van der Waals surface area contributed by atoms with Gasteiger partial charge in [-0.1, -0.05) is 25.1 Å². The third kappa shape index (κ3) is 5.48. The number of hydrogen-bond acceptors (Lipinski definition) is 5. The average Bonchev–Trinajstić information content (AvgIpc) is 3.06. The number of ether oxygens (including phenoxy) is 2. The fourth-order valence-electron chi connectivity index (χ4n) is 3.39. The van der Waals surface area contributed by atoms with Crippen molar-refractivity contribution in [3.05, 3.63) is 59.2 Å². The van der Waals surface area contributed by atoms with Gasteiger partial charge in [-0.15, -0.1) is 0 Å². The maximum absolute atomic E-state index is 13.0. The maximum Gasteiger partial charge on any atom is 0.282 e. The van der Waals surface area contributed by atoms with Crippen LogP contribution in [0.2, 0.25) is 0 Å². The van der Waals surface area contributed by atoms with Crippen LogP contribution in [0.25, 0.3) is 6.08 Å². The van der Waals surface area contributed by atoms with Gasteiger partial charge in [0.15, 0.2) is 0 Å². The number of hydrazine groups is 1. The smallest absolute Gasteiger partial charge is 0.282 e. The molecule has 0 bridgehead atoms. The van der Waals surface area contributed by atoms with E-state index in [9.17, 15) is 9.59 Å². The topological polar surface area (TPSA) is 71.1 Å². The van der Waals surface area contributed by atoms with Crippen LogP contribution in [-0.4, -0.2) is 50.6 Å². The molecule has 2 aromatic carbocycles. The first kappa shape index (κ1) is 23.3. The predicted molar refractivity (Wildman–Crippen MR) is 126 cm³/mol. The number of nitrogens with one attached hydrogen (secondary N) is 1. The number of benzene rings is 2. The van der Waals surface area contributed by atoms with Crippen molar-refractivity contribution >= 4 is 23.6 Å². The van der Waals surface area contributed by atoms with E-state index in [2.05, 4.69) is 17.2 Å². The monoisotopic (exact) mass is 437 g/mol. The van der Waals surface area contributed by atoms with E-state index in [0.717, 1.165) is 30.7 Å². The first-order chi connectivity index (χ1) is 15.4. The van der Waals surface area contributed by atoms with E-state index >= 15 is 0 Å². The van der Waals surface area contributed by atoms with E-state index in [4.69, 9.17) is 9.47 Å². The summed E-state index contributed by atoms with van der Waals surface area (Å²) in [6, 6.07) is 12.7. The van der Waals surface area contributed by atoms with Gasteiger partial charge in [-0.25, -0.2) is 5.01 Å². The van der Waals surface area contributed by atoms with Crippen LogP contribution in [-0.2, 0) is 9.59 Å². The van der Waals surface area contributed by atoms with Gasteiger partial charge < -0.3 is 14.4 Å². The third-order valence-corrected chi connectivity index (χ3v) is 5.05. The van der Waals surface area contributed by atoms with Crippen LogP contribution in [0.3, 0.4) is 0 Å². The molecule has 1 aliphatic rings. The summed E-state index contributed by atoms with van der Waals surface area (Å²) in [6.07, 6.45) is 3.34. The Labute approximate surface area is 189 Å². The molecule has 0 aliphatic carbocycles. The fraction of sp³-hybridized carbons (Fsp3) is 0.360. The summed E-state index contributed by atoms with van der Waals surface area (Å²) in [5.41, 5.74) is 4.82. The Bertz CT molecular complexity index is 986. The number of rotatable bonds is 10. The van der Waals surface area contributed by atoms with Gasteiger partial charge in [-0.3, -0.25) is 15.0 Å². The van der Waals surface area contributed by atoms with Gasteiger partial charge in [0.05, 0.1) is 18.9 Å². The van der Waals surface area contributed by atoms with Gasteiger partial charge in [-0.05, 0) is 64.2 Å². The van der Waals surface area contributed by atoms with E-state index < -0.39 is 11.8 Å². The predicted octanol–water partition coefficient (Wildman–Crippen LogP) is 3.58. The lowest BCUT2D eigenvalue weighted by atomic mass is 10.0. The van der Waals surface area contributed by atoms with Crippen molar-refractivity contribution in [3.8, 4) is 11.5 Å². The highest BCUT2D eigenvalue weighted by Gasteiger charge is 2.34. The maximum atomic E-state index is 13.0. The Balaban J connectivity index is 1.91. The Hall–Kier alpha value is -3.32. The van der Waals surface area contributed by atoms with Gasteiger partial charge in [0.1, 0.15) is 17.1 Å². The van der Waals surface area contributed by atoms with Crippen molar-refractivity contribution in [3.63, 3.8) is 0 Å². The minimum atomic E-state index is -0.443. The summed E-state index contributed by atoms with van der Waals surface area (Å²) in [7, 11) is 4.03. The van der Waals surface area contributed by atoms with Crippen molar-refractivity contribution in [2.24, 2.45) is 0 Å². The number of amides is 2. The van der Waals surface area contributed by atoms with Crippen molar-refractivity contribution in [1.29, 1.82) is 0 Å². The molecule has 0 spiro atoms. The highest BCUT2D eigenvalue weighted by Crippen LogP contribution is 2.34. The average molecular weight is 438 g/mol. The molecule has 1 fully saturated rings. The molecule has 0 saturated carbocycles. The molecule has 170 valence electrons. The van der Waals surface area contributed by atoms with Crippen LogP contribution in [0, 0.1) is 6.92 Å². The molecule has 1 saturated heterocycles. The Morgan fingerprint density at radius 2 is 1.78 bits per heavy atom. The summed E-state index contributed by atoms with van der Waals surface area (Å²) in [5, 5.41) is 1.26. The van der Waals surface area contributed by atoms with E-state index in [0.29, 0.717) is 30.2 Å². The zero-order valence-electron chi connectivity index (χ0n) is 19.2. The Morgan fingerprint density at radius 3 is 2.47 bits per heavy atom. The Morgan fingerprint density at radius 1 is 1.03 bits per heavy atom. The van der Waals surface area contributed by atoms with E-state index in [-0.39, 0.29) is 5.57 Å². The molecule has 3 rings (SSSR count). The van der Waals surface area contributed by atoms with Crippen molar-refractivity contribution in [1.82, 2.24) is 10.3 Å². The number of para-hydroxylation sites is 1. The summed E-state index contributed by atoms with van der Waals surface area (Å²) in [5.74, 6) is 0.526. The zero-order chi connectivity index (χ0) is 23.1. The molecule has 1 N–H and O–H groups in total. The van der Waals surface area contributed by atoms with Gasteiger partial charge in [0, 0.05) is 17.7 Å². The van der Waals surface area contributed by atoms with Gasteiger partial charge in [-0.2, -0.15) is 0 Å². The second-order valence-corrected chi connectivity index (χ2v) is 7.94. The number of carbonyl (C=O) groups is 2. The molecule has 1 aliphatic heterocycles. The highest BCUT2D eigenvalue weighted by atomic mass is 16.5. The molecule has 0 unspecified atom stereocenters. The number of anilines is 1. The first-order valence-electron chi connectivity index (χ1n) is 10.9. The van der Waals surface area contributed by atoms with Crippen LogP contribution in [0.1, 0.15) is 30.9 Å². The molecule has 0 atom stereocenters. The third-order valence-electron chi connectivity index (χ3n) is 5.05. The minimum Gasteiger partial charge on any atom is -0.493 e. The largest absolute Gasteiger partial charge is 0.493 e. The van der Waals surface area contributed by atoms with Crippen molar-refractivity contribution < 1.29 is 19.1 Å². The second kappa shape index (κ2) is 10.8. The van der Waals surface area contributed by atoms with E-state index in [1.807, 2.05) is 51.4 Å². The highest BCUT2D eigenvalue weighted by molar-refractivity contribution is 6.31. The van der Waals surface area contributed by atoms with E-state index in [1.165, 1.54) is 5.01 Å². The van der Waals surface area contributed by atoms with Crippen LogP contribution in [0.15, 0.2) is 48.0 Å². The van der Waals surface area contributed by atoms with Crippen LogP contribution in [0.5, 0.6) is 11.5 Å². The summed E-state index contributed by atoms with van der Waals surface area (Å²) >= 11 is 0. The fourth-order valence-corrected chi connectivity index (χ4v) is 3.39. The van der Waals surface area contributed by atoms with Gasteiger partial charge in [0.2, 0.25) is 0 Å². The first-order valence-corrected chi connectivity index (χ1v) is 10.9. The standard InChI is InChI=1S/C25H31N3O4/c1-5-15-31-22-13-12-19(23(18(22)2)32-16-9-14-27(3)4)17-21-24(29)26-28(25(21)30)20-10-7-6-8-11-20/h6-8,10-13,17H,5,9,14-16H2,1-4H3,(H,26,29).